The van der Waals surface area contributed by atoms with Crippen LogP contribution in [0, 0.1) is 0 Å². The third-order valence-corrected chi connectivity index (χ3v) is 6.98. The molecule has 0 spiro atoms. The molecule has 0 saturated heterocycles. The van der Waals surface area contributed by atoms with Gasteiger partial charge in [0, 0.05) is 42.8 Å². The highest BCUT2D eigenvalue weighted by Crippen LogP contribution is 2.54. The van der Waals surface area contributed by atoms with Crippen LogP contribution in [0.4, 0.5) is 0 Å². The number of phenols is 2. The second kappa shape index (κ2) is 7.87. The molecular weight excluding hydrogens is 482 g/mol. The zero-order valence-electron chi connectivity index (χ0n) is 14.3. The summed E-state index contributed by atoms with van der Waals surface area (Å²) >= 11 is 25.0. The lowest BCUT2D eigenvalue weighted by Crippen LogP contribution is -2.39. The van der Waals surface area contributed by atoms with E-state index in [4.69, 9.17) is 46.4 Å². The van der Waals surface area contributed by atoms with E-state index in [0.29, 0.717) is 0 Å². The van der Waals surface area contributed by atoms with Crippen molar-refractivity contribution in [3.05, 3.63) is 91.4 Å². The first-order chi connectivity index (χ1) is 13.5. The van der Waals surface area contributed by atoms with Crippen molar-refractivity contribution < 1.29 is 23.2 Å². The largest absolute Gasteiger partial charge is 0.504 e. The Labute approximate surface area is 186 Å². The second-order valence-corrected chi connectivity index (χ2v) is 9.27. The van der Waals surface area contributed by atoms with Gasteiger partial charge >= 0.3 is 0 Å². The molecule has 0 amide bonds. The van der Waals surface area contributed by atoms with Crippen molar-refractivity contribution in [1.82, 2.24) is 0 Å². The summed E-state index contributed by atoms with van der Waals surface area (Å²) in [6.07, 6.45) is 0. The van der Waals surface area contributed by atoms with Crippen LogP contribution in [0.1, 0.15) is 16.7 Å². The van der Waals surface area contributed by atoms with Crippen molar-refractivity contribution in [3.8, 4) is 11.5 Å². The molecule has 1 atom stereocenters. The molecule has 0 aromatic heterocycles. The van der Waals surface area contributed by atoms with Crippen molar-refractivity contribution in [2.75, 3.05) is 0 Å². The Morgan fingerprint density at radius 1 is 0.759 bits per heavy atom. The normalized spacial score (nSPS) is 13.8. The van der Waals surface area contributed by atoms with Gasteiger partial charge in [-0.1, -0.05) is 70.7 Å². The highest BCUT2D eigenvalue weighted by Gasteiger charge is 2.53. The third kappa shape index (κ3) is 3.54. The van der Waals surface area contributed by atoms with E-state index >= 15 is 0 Å². The van der Waals surface area contributed by atoms with Gasteiger partial charge in [0.2, 0.25) is 0 Å². The fraction of sp³-hybridized carbons (Fsp3) is 0.0526. The number of hydrogen-bond donors (Lipinski definition) is 3. The van der Waals surface area contributed by atoms with Gasteiger partial charge in [-0.2, -0.15) is 8.42 Å². The van der Waals surface area contributed by atoms with E-state index in [1.807, 2.05) is 0 Å². The first-order valence-corrected chi connectivity index (χ1v) is 10.9. The standard InChI is InChI=1S/C19H12Cl4O5S/c20-10-8-12(18(25)16(24)9-10)19(29(26,27)28,11-4-1-2-5-13(11)21)17-14(22)6-3-7-15(17)23/h1-9,24-25H,(H,26,27,28). The Hall–Kier alpha value is -1.67. The van der Waals surface area contributed by atoms with Crippen molar-refractivity contribution in [2.24, 2.45) is 0 Å². The minimum Gasteiger partial charge on any atom is -0.504 e. The zero-order chi connectivity index (χ0) is 21.6. The summed E-state index contributed by atoms with van der Waals surface area (Å²) in [5, 5.41) is 20.3. The molecule has 0 aliphatic rings. The van der Waals surface area contributed by atoms with Crippen LogP contribution in [0.3, 0.4) is 0 Å². The molecule has 5 nitrogen and oxygen atoms in total. The van der Waals surface area contributed by atoms with Gasteiger partial charge in [-0.15, -0.1) is 0 Å². The van der Waals surface area contributed by atoms with Crippen LogP contribution in [0.5, 0.6) is 11.5 Å². The van der Waals surface area contributed by atoms with Crippen LogP contribution in [-0.4, -0.2) is 23.2 Å². The van der Waals surface area contributed by atoms with Gasteiger partial charge in [0.05, 0.1) is 0 Å². The maximum Gasteiger partial charge on any atom is 0.283 e. The molecule has 0 aliphatic carbocycles. The SMILES string of the molecule is O=S(=O)(O)C(c1ccccc1Cl)(c1cc(Cl)cc(O)c1O)c1c(Cl)cccc1Cl. The second-order valence-electron chi connectivity index (χ2n) is 6.05. The number of aromatic hydroxyl groups is 2. The lowest BCUT2D eigenvalue weighted by molar-refractivity contribution is 0.394. The highest BCUT2D eigenvalue weighted by atomic mass is 35.5. The van der Waals surface area contributed by atoms with E-state index in [-0.39, 0.29) is 31.2 Å². The maximum absolute atomic E-state index is 13.0. The summed E-state index contributed by atoms with van der Waals surface area (Å²) in [5.74, 6) is -1.56. The van der Waals surface area contributed by atoms with Crippen molar-refractivity contribution >= 4 is 56.5 Å². The lowest BCUT2D eigenvalue weighted by atomic mass is 9.83. The molecule has 3 rings (SSSR count). The minimum absolute atomic E-state index is 0.0695. The maximum atomic E-state index is 13.0. The number of phenolic OH excluding ortho intramolecular Hbond substituents is 2. The first kappa shape index (κ1) is 22.0. The minimum atomic E-state index is -5.19. The number of halogens is 4. The van der Waals surface area contributed by atoms with Crippen LogP contribution in [0.15, 0.2) is 54.6 Å². The molecule has 3 aromatic rings. The predicted molar refractivity (Wildman–Crippen MR) is 114 cm³/mol. The fourth-order valence-corrected chi connectivity index (χ4v) is 5.96. The quantitative estimate of drug-likeness (QED) is 0.239. The Morgan fingerprint density at radius 2 is 1.31 bits per heavy atom. The molecule has 152 valence electrons. The van der Waals surface area contributed by atoms with Gasteiger partial charge in [-0.3, -0.25) is 4.55 Å². The molecule has 10 heteroatoms. The molecule has 3 N–H and O–H groups in total. The van der Waals surface area contributed by atoms with E-state index in [1.54, 1.807) is 6.07 Å². The summed E-state index contributed by atoms with van der Waals surface area (Å²) < 4.78 is 34.0. The van der Waals surface area contributed by atoms with E-state index in [2.05, 4.69) is 0 Å². The third-order valence-electron chi connectivity index (χ3n) is 4.39. The van der Waals surface area contributed by atoms with E-state index in [0.717, 1.165) is 12.1 Å². The highest BCUT2D eigenvalue weighted by molar-refractivity contribution is 7.87. The van der Waals surface area contributed by atoms with Gasteiger partial charge in [0.1, 0.15) is 0 Å². The zero-order valence-corrected chi connectivity index (χ0v) is 18.1. The van der Waals surface area contributed by atoms with Crippen LogP contribution in [0.25, 0.3) is 0 Å². The smallest absolute Gasteiger partial charge is 0.283 e. The number of rotatable bonds is 4. The van der Waals surface area contributed by atoms with Gasteiger partial charge in [-0.05, 0) is 24.3 Å². The molecule has 1 unspecified atom stereocenters. The Morgan fingerprint density at radius 3 is 1.86 bits per heavy atom. The summed E-state index contributed by atoms with van der Waals surface area (Å²) in [6.45, 7) is 0. The Balaban J connectivity index is 2.71. The number of benzene rings is 3. The summed E-state index contributed by atoms with van der Waals surface area (Å²) in [5.41, 5.74) is -0.903. The number of hydrogen-bond acceptors (Lipinski definition) is 4. The van der Waals surface area contributed by atoms with Gasteiger partial charge < -0.3 is 10.2 Å². The van der Waals surface area contributed by atoms with E-state index in [9.17, 15) is 23.2 Å². The monoisotopic (exact) mass is 492 g/mol. The topological polar surface area (TPSA) is 94.8 Å². The molecule has 0 radical (unpaired) electrons. The Bertz CT molecular complexity index is 1190. The van der Waals surface area contributed by atoms with Crippen LogP contribution in [-0.2, 0) is 14.9 Å². The summed E-state index contributed by atoms with van der Waals surface area (Å²) in [6, 6.07) is 12.0. The molecule has 3 aromatic carbocycles. The molecule has 0 fully saturated rings. The fourth-order valence-electron chi connectivity index (χ4n) is 3.26. The van der Waals surface area contributed by atoms with Crippen LogP contribution >= 0.6 is 46.4 Å². The molecule has 0 saturated carbocycles. The van der Waals surface area contributed by atoms with Crippen molar-refractivity contribution in [1.29, 1.82) is 0 Å². The molecule has 0 bridgehead atoms. The average Bonchev–Trinajstić information content (AvgIpc) is 2.61. The predicted octanol–water partition coefficient (Wildman–Crippen LogP) is 5.89. The molecule has 29 heavy (non-hydrogen) atoms. The molecular formula is C19H12Cl4O5S. The Kier molecular flexibility index (Phi) is 5.98. The van der Waals surface area contributed by atoms with Crippen molar-refractivity contribution in [2.45, 2.75) is 4.75 Å². The van der Waals surface area contributed by atoms with Crippen LogP contribution in [0.2, 0.25) is 20.1 Å². The van der Waals surface area contributed by atoms with Gasteiger partial charge in [-0.25, -0.2) is 0 Å². The van der Waals surface area contributed by atoms with E-state index in [1.165, 1.54) is 36.4 Å². The first-order valence-electron chi connectivity index (χ1n) is 7.90. The van der Waals surface area contributed by atoms with Crippen molar-refractivity contribution in [3.63, 3.8) is 0 Å². The summed E-state index contributed by atoms with van der Waals surface area (Å²) in [7, 11) is -5.19. The molecule has 0 heterocycles. The van der Waals surface area contributed by atoms with Gasteiger partial charge in [0.25, 0.3) is 10.1 Å². The van der Waals surface area contributed by atoms with E-state index < -0.39 is 31.9 Å². The average molecular weight is 494 g/mol. The summed E-state index contributed by atoms with van der Waals surface area (Å²) in [4.78, 5) is 0. The lowest BCUT2D eigenvalue weighted by Gasteiger charge is -2.35. The molecule has 0 aliphatic heterocycles. The van der Waals surface area contributed by atoms with Gasteiger partial charge in [0.15, 0.2) is 16.2 Å². The van der Waals surface area contributed by atoms with Crippen LogP contribution < -0.4 is 0 Å².